The van der Waals surface area contributed by atoms with Gasteiger partial charge in [-0.05, 0) is 71.9 Å². The molecule has 0 amide bonds. The highest BCUT2D eigenvalue weighted by atomic mass is 127. The molecule has 0 saturated heterocycles. The summed E-state index contributed by atoms with van der Waals surface area (Å²) in [4.78, 5) is 0. The zero-order valence-corrected chi connectivity index (χ0v) is 12.7. The third kappa shape index (κ3) is 3.27. The maximum Gasteiger partial charge on any atom is 0.0576 e. The molecule has 0 spiro atoms. The summed E-state index contributed by atoms with van der Waals surface area (Å²) >= 11 is 2.29. The van der Waals surface area contributed by atoms with Crippen LogP contribution in [-0.2, 0) is 0 Å². The molecule has 0 aliphatic heterocycles. The number of hydrogen-bond acceptors (Lipinski definition) is 2. The van der Waals surface area contributed by atoms with Gasteiger partial charge < -0.3 is 11.1 Å². The number of rotatable bonds is 2. The minimum Gasteiger partial charge on any atom is -0.397 e. The topological polar surface area (TPSA) is 38.0 Å². The van der Waals surface area contributed by atoms with Crippen LogP contribution in [0.1, 0.15) is 33.1 Å². The Labute approximate surface area is 117 Å². The van der Waals surface area contributed by atoms with Crippen LogP contribution in [0.3, 0.4) is 0 Å². The predicted molar refractivity (Wildman–Crippen MR) is 83.2 cm³/mol. The van der Waals surface area contributed by atoms with Crippen LogP contribution in [0.5, 0.6) is 0 Å². The molecule has 0 bridgehead atoms. The maximum absolute atomic E-state index is 6.03. The van der Waals surface area contributed by atoms with Crippen molar-refractivity contribution in [3.63, 3.8) is 0 Å². The highest BCUT2D eigenvalue weighted by Gasteiger charge is 2.24. The lowest BCUT2D eigenvalue weighted by Crippen LogP contribution is -2.30. The molecule has 0 heterocycles. The first-order chi connectivity index (χ1) is 8.06. The van der Waals surface area contributed by atoms with Crippen LogP contribution in [0.15, 0.2) is 18.2 Å². The van der Waals surface area contributed by atoms with Crippen molar-refractivity contribution in [1.29, 1.82) is 0 Å². The van der Waals surface area contributed by atoms with Gasteiger partial charge in [0.2, 0.25) is 0 Å². The van der Waals surface area contributed by atoms with E-state index in [9.17, 15) is 0 Å². The minimum atomic E-state index is 0.587. The van der Waals surface area contributed by atoms with Gasteiger partial charge in [-0.1, -0.05) is 13.8 Å². The average molecular weight is 344 g/mol. The normalized spacial score (nSPS) is 29.0. The van der Waals surface area contributed by atoms with E-state index in [-0.39, 0.29) is 0 Å². The molecular weight excluding hydrogens is 323 g/mol. The molecule has 94 valence electrons. The van der Waals surface area contributed by atoms with Crippen molar-refractivity contribution in [3.8, 4) is 0 Å². The van der Waals surface area contributed by atoms with E-state index in [1.54, 1.807) is 0 Å². The van der Waals surface area contributed by atoms with Crippen LogP contribution in [0.25, 0.3) is 0 Å². The zero-order chi connectivity index (χ0) is 12.4. The molecular formula is C14H21IN2. The lowest BCUT2D eigenvalue weighted by molar-refractivity contribution is 0.261. The molecule has 0 radical (unpaired) electrons. The van der Waals surface area contributed by atoms with Crippen LogP contribution in [0.4, 0.5) is 11.4 Å². The van der Waals surface area contributed by atoms with Crippen molar-refractivity contribution >= 4 is 34.0 Å². The monoisotopic (exact) mass is 344 g/mol. The van der Waals surface area contributed by atoms with Gasteiger partial charge in [-0.15, -0.1) is 0 Å². The van der Waals surface area contributed by atoms with Gasteiger partial charge in [-0.2, -0.15) is 0 Å². The number of nitrogen functional groups attached to an aromatic ring is 1. The van der Waals surface area contributed by atoms with Crippen LogP contribution in [-0.4, -0.2) is 6.04 Å². The molecule has 17 heavy (non-hydrogen) atoms. The fourth-order valence-electron chi connectivity index (χ4n) is 2.56. The molecule has 1 aromatic rings. The van der Waals surface area contributed by atoms with Gasteiger partial charge in [-0.25, -0.2) is 0 Å². The Hall–Kier alpha value is -0.450. The van der Waals surface area contributed by atoms with Crippen molar-refractivity contribution in [2.45, 2.75) is 39.2 Å². The minimum absolute atomic E-state index is 0.587. The molecule has 1 aliphatic rings. The first-order valence-corrected chi connectivity index (χ1v) is 7.45. The van der Waals surface area contributed by atoms with Gasteiger partial charge in [0.1, 0.15) is 0 Å². The van der Waals surface area contributed by atoms with Gasteiger partial charge in [0, 0.05) is 9.61 Å². The highest BCUT2D eigenvalue weighted by molar-refractivity contribution is 14.1. The van der Waals surface area contributed by atoms with Crippen molar-refractivity contribution in [1.82, 2.24) is 0 Å². The highest BCUT2D eigenvalue weighted by Crippen LogP contribution is 2.32. The van der Waals surface area contributed by atoms with Gasteiger partial charge in [0.15, 0.2) is 0 Å². The molecule has 2 rings (SSSR count). The van der Waals surface area contributed by atoms with Crippen LogP contribution < -0.4 is 11.1 Å². The molecule has 2 nitrogen and oxygen atoms in total. The van der Waals surface area contributed by atoms with E-state index in [4.69, 9.17) is 5.73 Å². The van der Waals surface area contributed by atoms with Crippen molar-refractivity contribution in [2.24, 2.45) is 11.8 Å². The number of nitrogens with two attached hydrogens (primary N) is 1. The van der Waals surface area contributed by atoms with Crippen molar-refractivity contribution < 1.29 is 0 Å². The first kappa shape index (κ1) is 13.0. The smallest absolute Gasteiger partial charge is 0.0576 e. The van der Waals surface area contributed by atoms with E-state index in [1.807, 2.05) is 6.07 Å². The van der Waals surface area contributed by atoms with E-state index in [0.717, 1.165) is 23.2 Å². The number of hydrogen-bond donors (Lipinski definition) is 2. The summed E-state index contributed by atoms with van der Waals surface area (Å²) in [6.07, 6.45) is 3.84. The largest absolute Gasteiger partial charge is 0.397 e. The van der Waals surface area contributed by atoms with Gasteiger partial charge in [0.25, 0.3) is 0 Å². The molecule has 0 aromatic heterocycles. The van der Waals surface area contributed by atoms with Gasteiger partial charge in [0.05, 0.1) is 11.4 Å². The molecule has 3 unspecified atom stereocenters. The Kier molecular flexibility index (Phi) is 4.17. The standard InChI is InChI=1S/C14H21IN2/c1-9-3-5-12(7-10(9)2)17-14-6-4-11(15)8-13(14)16/h4,6,8-10,12,17H,3,5,7,16H2,1-2H3. The van der Waals surface area contributed by atoms with Crippen molar-refractivity contribution in [2.75, 3.05) is 11.1 Å². The summed E-state index contributed by atoms with van der Waals surface area (Å²) in [6, 6.07) is 6.81. The second-order valence-corrected chi connectivity index (χ2v) is 6.59. The van der Waals surface area contributed by atoms with E-state index in [2.05, 4.69) is 53.9 Å². The third-order valence-corrected chi connectivity index (χ3v) is 4.64. The number of nitrogens with one attached hydrogen (secondary N) is 1. The molecule has 1 aliphatic carbocycles. The quantitative estimate of drug-likeness (QED) is 0.626. The molecule has 1 fully saturated rings. The molecule has 1 aromatic carbocycles. The molecule has 3 N–H and O–H groups in total. The van der Waals surface area contributed by atoms with Gasteiger partial charge in [-0.3, -0.25) is 0 Å². The fourth-order valence-corrected chi connectivity index (χ4v) is 3.08. The summed E-state index contributed by atoms with van der Waals surface area (Å²) in [5, 5.41) is 3.60. The van der Waals surface area contributed by atoms with Gasteiger partial charge >= 0.3 is 0 Å². The van der Waals surface area contributed by atoms with Crippen LogP contribution >= 0.6 is 22.6 Å². The number of anilines is 2. The van der Waals surface area contributed by atoms with Crippen LogP contribution in [0.2, 0.25) is 0 Å². The van der Waals surface area contributed by atoms with Crippen LogP contribution in [0, 0.1) is 15.4 Å². The molecule has 3 heteroatoms. The maximum atomic E-state index is 6.03. The predicted octanol–water partition coefficient (Wildman–Crippen LogP) is 4.11. The van der Waals surface area contributed by atoms with E-state index >= 15 is 0 Å². The van der Waals surface area contributed by atoms with E-state index < -0.39 is 0 Å². The molecule has 3 atom stereocenters. The Morgan fingerprint density at radius 2 is 2.00 bits per heavy atom. The Bertz CT molecular complexity index is 392. The summed E-state index contributed by atoms with van der Waals surface area (Å²) in [6.45, 7) is 4.72. The summed E-state index contributed by atoms with van der Waals surface area (Å²) < 4.78 is 1.19. The zero-order valence-electron chi connectivity index (χ0n) is 10.5. The first-order valence-electron chi connectivity index (χ1n) is 6.38. The summed E-state index contributed by atoms with van der Waals surface area (Å²) in [5.74, 6) is 1.67. The lowest BCUT2D eigenvalue weighted by atomic mass is 9.79. The SMILES string of the molecule is CC1CCC(Nc2ccc(I)cc2N)CC1C. The van der Waals surface area contributed by atoms with E-state index in [1.165, 1.54) is 22.8 Å². The Morgan fingerprint density at radius 1 is 1.24 bits per heavy atom. The third-order valence-electron chi connectivity index (χ3n) is 3.97. The average Bonchev–Trinajstić information content (AvgIpc) is 2.27. The second-order valence-electron chi connectivity index (χ2n) is 5.34. The number of halogens is 1. The Balaban J connectivity index is 2.01. The van der Waals surface area contributed by atoms with Crippen molar-refractivity contribution in [3.05, 3.63) is 21.8 Å². The molecule has 1 saturated carbocycles. The Morgan fingerprint density at radius 3 is 2.65 bits per heavy atom. The van der Waals surface area contributed by atoms with E-state index in [0.29, 0.717) is 6.04 Å². The number of benzene rings is 1. The summed E-state index contributed by atoms with van der Waals surface area (Å²) in [5.41, 5.74) is 7.99. The summed E-state index contributed by atoms with van der Waals surface area (Å²) in [7, 11) is 0. The fraction of sp³-hybridized carbons (Fsp3) is 0.571. The lowest BCUT2D eigenvalue weighted by Gasteiger charge is -2.33. The second kappa shape index (κ2) is 5.46.